The molecule has 1 saturated carbocycles. The summed E-state index contributed by atoms with van der Waals surface area (Å²) in [6.07, 6.45) is 3.26. The van der Waals surface area contributed by atoms with E-state index in [1.807, 2.05) is 42.3 Å². The highest BCUT2D eigenvalue weighted by molar-refractivity contribution is 5.81. The summed E-state index contributed by atoms with van der Waals surface area (Å²) in [6, 6.07) is 10.0. The Morgan fingerprint density at radius 3 is 2.50 bits per heavy atom. The molecule has 2 aliphatic heterocycles. The summed E-state index contributed by atoms with van der Waals surface area (Å²) in [7, 11) is 3.90. The van der Waals surface area contributed by atoms with Crippen LogP contribution in [0.15, 0.2) is 30.3 Å². The number of likely N-dealkylation sites (tertiary alicyclic amines) is 1. The minimum atomic E-state index is -0.446. The van der Waals surface area contributed by atoms with Gasteiger partial charge >= 0.3 is 0 Å². The molecule has 6 heteroatoms. The summed E-state index contributed by atoms with van der Waals surface area (Å²) in [5.41, 5.74) is 0.797. The second-order valence-corrected chi connectivity index (χ2v) is 8.77. The highest BCUT2D eigenvalue weighted by Crippen LogP contribution is 2.36. The Bertz CT molecular complexity index is 711. The number of carbonyl (C=O) groups is 2. The highest BCUT2D eigenvalue weighted by Gasteiger charge is 2.46. The number of ether oxygens (including phenoxy) is 1. The van der Waals surface area contributed by atoms with E-state index in [0.29, 0.717) is 19.0 Å². The van der Waals surface area contributed by atoms with Gasteiger partial charge in [0.05, 0.1) is 5.60 Å². The molecule has 1 aliphatic carbocycles. The third kappa shape index (κ3) is 4.23. The van der Waals surface area contributed by atoms with Crippen LogP contribution in [0.25, 0.3) is 0 Å². The zero-order valence-corrected chi connectivity index (χ0v) is 17.0. The van der Waals surface area contributed by atoms with Crippen molar-refractivity contribution >= 4 is 11.8 Å². The van der Waals surface area contributed by atoms with Crippen LogP contribution in [0.4, 0.5) is 0 Å². The van der Waals surface area contributed by atoms with Crippen molar-refractivity contribution in [1.29, 1.82) is 0 Å². The number of hydrogen-bond acceptors (Lipinski definition) is 4. The molecular formula is C22H31N3O3. The molecule has 28 heavy (non-hydrogen) atoms. The average Bonchev–Trinajstić information content (AvgIpc) is 3.53. The highest BCUT2D eigenvalue weighted by atomic mass is 16.5. The molecule has 2 amide bonds. The van der Waals surface area contributed by atoms with Gasteiger partial charge in [-0.25, -0.2) is 0 Å². The molecule has 4 rings (SSSR count). The lowest BCUT2D eigenvalue weighted by molar-refractivity contribution is -0.189. The number of benzene rings is 1. The summed E-state index contributed by atoms with van der Waals surface area (Å²) < 4.78 is 6.44. The first-order valence-corrected chi connectivity index (χ1v) is 10.4. The van der Waals surface area contributed by atoms with Crippen LogP contribution in [0, 0.1) is 5.92 Å². The van der Waals surface area contributed by atoms with E-state index in [4.69, 9.17) is 4.74 Å². The molecule has 0 unspecified atom stereocenters. The molecule has 3 aliphatic rings. The van der Waals surface area contributed by atoms with Gasteiger partial charge in [0, 0.05) is 45.7 Å². The Labute approximate surface area is 167 Å². The van der Waals surface area contributed by atoms with Gasteiger partial charge in [-0.15, -0.1) is 0 Å². The largest absolute Gasteiger partial charge is 0.359 e. The molecule has 2 heterocycles. The maximum Gasteiger partial charge on any atom is 0.253 e. The zero-order valence-electron chi connectivity index (χ0n) is 17.0. The van der Waals surface area contributed by atoms with E-state index in [0.717, 1.165) is 50.9 Å². The fourth-order valence-electron chi connectivity index (χ4n) is 4.52. The Kier molecular flexibility index (Phi) is 5.43. The van der Waals surface area contributed by atoms with E-state index in [1.54, 1.807) is 4.90 Å². The lowest BCUT2D eigenvalue weighted by Crippen LogP contribution is -2.62. The number of rotatable bonds is 4. The van der Waals surface area contributed by atoms with Crippen LogP contribution in [0.5, 0.6) is 0 Å². The van der Waals surface area contributed by atoms with Crippen molar-refractivity contribution in [2.45, 2.75) is 43.9 Å². The summed E-state index contributed by atoms with van der Waals surface area (Å²) in [4.78, 5) is 31.4. The monoisotopic (exact) mass is 385 g/mol. The van der Waals surface area contributed by atoms with E-state index in [2.05, 4.69) is 11.9 Å². The SMILES string of the molecule is CN1C[C@H](C(=O)N(C)Cc2ccccc2)OC2(CCN(C(=O)C3CC3)CC2)C1. The second kappa shape index (κ2) is 7.84. The van der Waals surface area contributed by atoms with Gasteiger partial charge in [-0.05, 0) is 38.3 Å². The van der Waals surface area contributed by atoms with Crippen LogP contribution < -0.4 is 0 Å². The number of nitrogens with zero attached hydrogens (tertiary/aromatic N) is 3. The lowest BCUT2D eigenvalue weighted by Gasteiger charge is -2.49. The topological polar surface area (TPSA) is 53.1 Å². The first-order valence-electron chi connectivity index (χ1n) is 10.4. The van der Waals surface area contributed by atoms with Crippen molar-refractivity contribution in [2.75, 3.05) is 40.3 Å². The van der Waals surface area contributed by atoms with Gasteiger partial charge in [0.25, 0.3) is 5.91 Å². The Morgan fingerprint density at radius 2 is 1.86 bits per heavy atom. The van der Waals surface area contributed by atoms with E-state index >= 15 is 0 Å². The lowest BCUT2D eigenvalue weighted by atomic mass is 9.88. The predicted octanol–water partition coefficient (Wildman–Crippen LogP) is 1.75. The van der Waals surface area contributed by atoms with Crippen LogP contribution in [0.1, 0.15) is 31.2 Å². The van der Waals surface area contributed by atoms with Gasteiger partial charge in [-0.2, -0.15) is 0 Å². The molecule has 1 aromatic carbocycles. The molecule has 6 nitrogen and oxygen atoms in total. The van der Waals surface area contributed by atoms with Crippen LogP contribution in [0.2, 0.25) is 0 Å². The average molecular weight is 386 g/mol. The minimum absolute atomic E-state index is 0.0336. The number of piperidine rings is 1. The van der Waals surface area contributed by atoms with Crippen LogP contribution in [-0.2, 0) is 20.9 Å². The standard InChI is InChI=1S/C22H31N3O3/c1-23-15-19(21(27)24(2)14-17-6-4-3-5-7-17)28-22(16-23)10-12-25(13-11-22)20(26)18-8-9-18/h3-7,18-19H,8-16H2,1-2H3/t19-/m1/s1. The third-order valence-electron chi connectivity index (χ3n) is 6.25. The molecule has 152 valence electrons. The molecule has 1 aromatic rings. The van der Waals surface area contributed by atoms with Gasteiger partial charge in [-0.1, -0.05) is 30.3 Å². The van der Waals surface area contributed by atoms with Crippen LogP contribution >= 0.6 is 0 Å². The molecule has 3 fully saturated rings. The summed E-state index contributed by atoms with van der Waals surface area (Å²) >= 11 is 0. The van der Waals surface area contributed by atoms with E-state index in [9.17, 15) is 9.59 Å². The first kappa shape index (κ1) is 19.4. The molecule has 1 spiro atoms. The molecule has 0 N–H and O–H groups in total. The summed E-state index contributed by atoms with van der Waals surface area (Å²) in [6.45, 7) is 3.50. The summed E-state index contributed by atoms with van der Waals surface area (Å²) in [5.74, 6) is 0.616. The number of likely N-dealkylation sites (N-methyl/N-ethyl adjacent to an activating group) is 2. The molecule has 2 saturated heterocycles. The van der Waals surface area contributed by atoms with Gasteiger partial charge < -0.3 is 19.4 Å². The van der Waals surface area contributed by atoms with Gasteiger partial charge in [-0.3, -0.25) is 9.59 Å². The van der Waals surface area contributed by atoms with Gasteiger partial charge in [0.2, 0.25) is 5.91 Å². The Balaban J connectivity index is 1.37. The Hall–Kier alpha value is -1.92. The fraction of sp³-hybridized carbons (Fsp3) is 0.636. The van der Waals surface area contributed by atoms with Crippen molar-refractivity contribution in [3.05, 3.63) is 35.9 Å². The third-order valence-corrected chi connectivity index (χ3v) is 6.25. The molecule has 1 atom stereocenters. The van der Waals surface area contributed by atoms with Crippen molar-refractivity contribution in [3.8, 4) is 0 Å². The fourth-order valence-corrected chi connectivity index (χ4v) is 4.52. The van der Waals surface area contributed by atoms with Gasteiger partial charge in [0.1, 0.15) is 6.10 Å². The maximum absolute atomic E-state index is 13.1. The van der Waals surface area contributed by atoms with E-state index in [1.165, 1.54) is 0 Å². The van der Waals surface area contributed by atoms with Crippen molar-refractivity contribution < 1.29 is 14.3 Å². The number of amides is 2. The van der Waals surface area contributed by atoms with Crippen molar-refractivity contribution in [1.82, 2.24) is 14.7 Å². The van der Waals surface area contributed by atoms with Crippen LogP contribution in [0.3, 0.4) is 0 Å². The number of hydrogen-bond donors (Lipinski definition) is 0. The minimum Gasteiger partial charge on any atom is -0.359 e. The van der Waals surface area contributed by atoms with E-state index in [-0.39, 0.29) is 17.4 Å². The number of morpholine rings is 1. The zero-order chi connectivity index (χ0) is 19.7. The predicted molar refractivity (Wildman–Crippen MR) is 107 cm³/mol. The Morgan fingerprint density at radius 1 is 1.18 bits per heavy atom. The quantitative estimate of drug-likeness (QED) is 0.792. The molecular weight excluding hydrogens is 354 g/mol. The van der Waals surface area contributed by atoms with E-state index < -0.39 is 6.10 Å². The molecule has 0 radical (unpaired) electrons. The first-order chi connectivity index (χ1) is 13.5. The smallest absolute Gasteiger partial charge is 0.253 e. The normalized spacial score (nSPS) is 24.9. The summed E-state index contributed by atoms with van der Waals surface area (Å²) in [5, 5.41) is 0. The molecule has 0 aromatic heterocycles. The second-order valence-electron chi connectivity index (χ2n) is 8.77. The molecule has 0 bridgehead atoms. The van der Waals surface area contributed by atoms with Crippen LogP contribution in [-0.4, -0.2) is 78.5 Å². The van der Waals surface area contributed by atoms with Crippen molar-refractivity contribution in [2.24, 2.45) is 5.92 Å². The maximum atomic E-state index is 13.1. The van der Waals surface area contributed by atoms with Gasteiger partial charge in [0.15, 0.2) is 0 Å². The van der Waals surface area contributed by atoms with Crippen molar-refractivity contribution in [3.63, 3.8) is 0 Å². The number of carbonyl (C=O) groups excluding carboxylic acids is 2.